The van der Waals surface area contributed by atoms with E-state index in [9.17, 15) is 28.9 Å². The lowest BCUT2D eigenvalue weighted by molar-refractivity contribution is -0.384. The fraction of sp³-hybridized carbons (Fsp3) is 0.160. The van der Waals surface area contributed by atoms with Crippen LogP contribution in [0.1, 0.15) is 37.9 Å². The first-order chi connectivity index (χ1) is 17.1. The van der Waals surface area contributed by atoms with Crippen molar-refractivity contribution in [1.82, 2.24) is 4.90 Å². The third-order valence-corrected chi connectivity index (χ3v) is 6.90. The van der Waals surface area contributed by atoms with Gasteiger partial charge in [0.2, 0.25) is 0 Å². The highest BCUT2D eigenvalue weighted by molar-refractivity contribution is 9.10. The molecule has 0 saturated carbocycles. The van der Waals surface area contributed by atoms with Gasteiger partial charge in [0.15, 0.2) is 0 Å². The lowest BCUT2D eigenvalue weighted by Crippen LogP contribution is -2.67. The molecule has 0 N–H and O–H groups in total. The van der Waals surface area contributed by atoms with Crippen LogP contribution in [0.2, 0.25) is 0 Å². The summed E-state index contributed by atoms with van der Waals surface area (Å²) in [7, 11) is 1.44. The van der Waals surface area contributed by atoms with Gasteiger partial charge in [0.05, 0.1) is 29.2 Å². The molecule has 0 aliphatic carbocycles. The number of hydrogen-bond donors (Lipinski definition) is 0. The molecule has 3 amide bonds. The van der Waals surface area contributed by atoms with E-state index in [1.54, 1.807) is 31.2 Å². The van der Waals surface area contributed by atoms with Gasteiger partial charge in [-0.25, -0.2) is 4.39 Å². The van der Waals surface area contributed by atoms with Crippen LogP contribution in [-0.4, -0.2) is 40.7 Å². The third kappa shape index (κ3) is 3.46. The molecule has 1 saturated heterocycles. The second kappa shape index (κ2) is 8.52. The Bertz CT molecular complexity index is 1490. The molecule has 5 rings (SSSR count). The van der Waals surface area contributed by atoms with Gasteiger partial charge in [0.25, 0.3) is 23.4 Å². The van der Waals surface area contributed by atoms with Gasteiger partial charge in [0.1, 0.15) is 17.6 Å². The molecule has 3 aromatic carbocycles. The van der Waals surface area contributed by atoms with Crippen molar-refractivity contribution >= 4 is 45.0 Å². The lowest BCUT2D eigenvalue weighted by atomic mass is 9.85. The van der Waals surface area contributed by atoms with Crippen LogP contribution in [0.5, 0.6) is 5.75 Å². The SMILES string of the molecule is COc1ccc(Br)cc1[C@H]1[C@H](N2C(=O)c3ccc([N+](=O)[O-])cc3C2=O)C(=O)N1c1ccc(C)c(F)c1. The zero-order valence-corrected chi connectivity index (χ0v) is 20.5. The molecule has 0 bridgehead atoms. The number of rotatable bonds is 5. The number of anilines is 1. The average Bonchev–Trinajstić information content (AvgIpc) is 3.09. The maximum absolute atomic E-state index is 14.4. The molecule has 11 heteroatoms. The highest BCUT2D eigenvalue weighted by Crippen LogP contribution is 2.47. The first-order valence-electron chi connectivity index (χ1n) is 10.7. The topological polar surface area (TPSA) is 110 Å². The molecule has 0 aromatic heterocycles. The number of nitro groups is 1. The summed E-state index contributed by atoms with van der Waals surface area (Å²) < 4.78 is 20.6. The molecule has 9 nitrogen and oxygen atoms in total. The number of non-ortho nitro benzene ring substituents is 1. The van der Waals surface area contributed by atoms with Crippen molar-refractivity contribution < 1.29 is 28.4 Å². The molecule has 1 fully saturated rings. The predicted molar refractivity (Wildman–Crippen MR) is 129 cm³/mol. The van der Waals surface area contributed by atoms with Gasteiger partial charge in [-0.3, -0.25) is 29.4 Å². The number of imide groups is 1. The number of nitro benzene ring substituents is 1. The van der Waals surface area contributed by atoms with E-state index >= 15 is 0 Å². The van der Waals surface area contributed by atoms with Crippen molar-refractivity contribution in [2.75, 3.05) is 12.0 Å². The normalized spacial score (nSPS) is 18.8. The Labute approximate surface area is 212 Å². The van der Waals surface area contributed by atoms with E-state index in [0.29, 0.717) is 21.3 Å². The second-order valence-corrected chi connectivity index (χ2v) is 9.30. The number of fused-ring (bicyclic) bond motifs is 1. The number of nitrogens with zero attached hydrogens (tertiary/aromatic N) is 3. The van der Waals surface area contributed by atoms with Crippen LogP contribution in [0.15, 0.2) is 59.1 Å². The maximum atomic E-state index is 14.4. The summed E-state index contributed by atoms with van der Waals surface area (Å²) in [6, 6.07) is 10.6. The Hall–Kier alpha value is -4.12. The Balaban J connectivity index is 1.64. The summed E-state index contributed by atoms with van der Waals surface area (Å²) >= 11 is 3.40. The van der Waals surface area contributed by atoms with Crippen molar-refractivity contribution in [3.05, 3.63) is 97.3 Å². The number of aryl methyl sites for hydroxylation is 1. The Morgan fingerprint density at radius 3 is 2.33 bits per heavy atom. The molecule has 2 atom stereocenters. The number of amides is 3. The molecule has 2 aliphatic heterocycles. The second-order valence-electron chi connectivity index (χ2n) is 8.38. The fourth-order valence-corrected chi connectivity index (χ4v) is 4.98. The van der Waals surface area contributed by atoms with Crippen LogP contribution in [-0.2, 0) is 4.79 Å². The summed E-state index contributed by atoms with van der Waals surface area (Å²) in [5, 5.41) is 11.2. The fourth-order valence-electron chi connectivity index (χ4n) is 4.60. The van der Waals surface area contributed by atoms with Gasteiger partial charge < -0.3 is 9.64 Å². The lowest BCUT2D eigenvalue weighted by Gasteiger charge is -2.50. The van der Waals surface area contributed by atoms with Crippen LogP contribution in [0.4, 0.5) is 15.8 Å². The van der Waals surface area contributed by atoms with Gasteiger partial charge in [-0.2, -0.15) is 0 Å². The highest BCUT2D eigenvalue weighted by atomic mass is 79.9. The van der Waals surface area contributed by atoms with E-state index < -0.39 is 40.5 Å². The minimum absolute atomic E-state index is 0.0295. The first-order valence-corrected chi connectivity index (χ1v) is 11.5. The van der Waals surface area contributed by atoms with Crippen molar-refractivity contribution in [2.24, 2.45) is 0 Å². The predicted octanol–water partition coefficient (Wildman–Crippen LogP) is 4.57. The van der Waals surface area contributed by atoms with Crippen molar-refractivity contribution in [3.63, 3.8) is 0 Å². The van der Waals surface area contributed by atoms with Crippen molar-refractivity contribution in [3.8, 4) is 5.75 Å². The summed E-state index contributed by atoms with van der Waals surface area (Å²) in [4.78, 5) is 52.8. The molecule has 0 spiro atoms. The Morgan fingerprint density at radius 1 is 0.944 bits per heavy atom. The summed E-state index contributed by atoms with van der Waals surface area (Å²) in [6.07, 6.45) is 0. The monoisotopic (exact) mass is 553 g/mol. The first kappa shape index (κ1) is 23.6. The van der Waals surface area contributed by atoms with E-state index in [2.05, 4.69) is 15.9 Å². The number of hydrogen-bond acceptors (Lipinski definition) is 6. The molecule has 2 aliphatic rings. The minimum atomic E-state index is -1.27. The Morgan fingerprint density at radius 2 is 1.67 bits per heavy atom. The average molecular weight is 554 g/mol. The minimum Gasteiger partial charge on any atom is -0.496 e. The number of methoxy groups -OCH3 is 1. The van der Waals surface area contributed by atoms with E-state index in [1.807, 2.05) is 0 Å². The smallest absolute Gasteiger partial charge is 0.270 e. The standard InChI is InChI=1S/C25H17BrFN3O6/c1-12-3-5-14(11-19(12)27)28-21(18-9-13(26)4-8-20(18)36-2)22(25(28)33)29-23(31)16-7-6-15(30(34)35)10-17(16)24(29)32/h3-11,21-22H,1-2H3/t21-,22-/m0/s1. The zero-order chi connectivity index (χ0) is 25.9. The summed E-state index contributed by atoms with van der Waals surface area (Å²) in [5.74, 6) is -2.28. The number of benzene rings is 3. The molecule has 36 heavy (non-hydrogen) atoms. The summed E-state index contributed by atoms with van der Waals surface area (Å²) in [6.45, 7) is 1.59. The largest absolute Gasteiger partial charge is 0.496 e. The number of ether oxygens (including phenoxy) is 1. The number of carbonyl (C=O) groups is 3. The van der Waals surface area contributed by atoms with Crippen LogP contribution in [0, 0.1) is 22.9 Å². The Kier molecular flexibility index (Phi) is 5.59. The van der Waals surface area contributed by atoms with Crippen LogP contribution >= 0.6 is 15.9 Å². The van der Waals surface area contributed by atoms with E-state index in [4.69, 9.17) is 4.74 Å². The molecule has 2 heterocycles. The molecular weight excluding hydrogens is 537 g/mol. The van der Waals surface area contributed by atoms with Crippen molar-refractivity contribution in [1.29, 1.82) is 0 Å². The number of carbonyl (C=O) groups excluding carboxylic acids is 3. The van der Waals surface area contributed by atoms with E-state index in [1.165, 1.54) is 30.2 Å². The van der Waals surface area contributed by atoms with Crippen LogP contribution in [0.25, 0.3) is 0 Å². The quantitative estimate of drug-likeness (QED) is 0.198. The zero-order valence-electron chi connectivity index (χ0n) is 18.9. The molecule has 3 aromatic rings. The van der Waals surface area contributed by atoms with Gasteiger partial charge in [0, 0.05) is 27.9 Å². The van der Waals surface area contributed by atoms with Gasteiger partial charge in [-0.1, -0.05) is 22.0 Å². The van der Waals surface area contributed by atoms with E-state index in [0.717, 1.165) is 17.0 Å². The van der Waals surface area contributed by atoms with Gasteiger partial charge >= 0.3 is 0 Å². The molecule has 0 unspecified atom stereocenters. The summed E-state index contributed by atoms with van der Waals surface area (Å²) in [5.41, 5.74) is 0.596. The molecule has 0 radical (unpaired) electrons. The van der Waals surface area contributed by atoms with Gasteiger partial charge in [-0.15, -0.1) is 0 Å². The van der Waals surface area contributed by atoms with Crippen molar-refractivity contribution in [2.45, 2.75) is 19.0 Å². The van der Waals surface area contributed by atoms with Crippen LogP contribution < -0.4 is 9.64 Å². The molecule has 182 valence electrons. The number of β-lactam (4-membered cyclic amide) rings is 1. The highest BCUT2D eigenvalue weighted by Gasteiger charge is 2.58. The molecular formula is C25H17BrFN3O6. The number of halogens is 2. The third-order valence-electron chi connectivity index (χ3n) is 6.40. The van der Waals surface area contributed by atoms with Gasteiger partial charge in [-0.05, 0) is 48.9 Å². The maximum Gasteiger partial charge on any atom is 0.270 e. The van der Waals surface area contributed by atoms with E-state index in [-0.39, 0.29) is 22.5 Å². The van der Waals surface area contributed by atoms with Crippen LogP contribution in [0.3, 0.4) is 0 Å².